The van der Waals surface area contributed by atoms with E-state index in [1.54, 1.807) is 12.4 Å². The van der Waals surface area contributed by atoms with E-state index in [-0.39, 0.29) is 0 Å². The number of benzene rings is 2. The summed E-state index contributed by atoms with van der Waals surface area (Å²) in [6, 6.07) is 16.6. The molecule has 0 spiro atoms. The second-order valence-corrected chi connectivity index (χ2v) is 4.95. The largest absolute Gasteiger partial charge is 0.293 e. The molecule has 3 nitrogen and oxygen atoms in total. The van der Waals surface area contributed by atoms with Crippen LogP contribution in [0.25, 0.3) is 27.6 Å². The first-order valence-electron chi connectivity index (χ1n) is 6.31. The van der Waals surface area contributed by atoms with Gasteiger partial charge < -0.3 is 0 Å². The molecule has 0 radical (unpaired) electrons. The van der Waals surface area contributed by atoms with Crippen molar-refractivity contribution in [3.8, 4) is 5.82 Å². The summed E-state index contributed by atoms with van der Waals surface area (Å²) in [6.45, 7) is 0. The van der Waals surface area contributed by atoms with E-state index in [1.807, 2.05) is 24.3 Å². The third-order valence-corrected chi connectivity index (χ3v) is 3.61. The van der Waals surface area contributed by atoms with Crippen LogP contribution in [0.5, 0.6) is 0 Å². The molecule has 0 amide bonds. The molecule has 0 aliphatic rings. The number of halogens is 1. The highest BCUT2D eigenvalue weighted by Crippen LogP contribution is 2.30. The molecule has 4 heteroatoms. The number of nitrogens with zero attached hydrogens (tertiary/aromatic N) is 3. The van der Waals surface area contributed by atoms with Gasteiger partial charge in [-0.3, -0.25) is 4.57 Å². The normalized spacial score (nSPS) is 11.2. The maximum Gasteiger partial charge on any atom is 0.156 e. The molecule has 96 valence electrons. The molecule has 2 heterocycles. The number of fused-ring (bicyclic) bond motifs is 3. The Hall–Kier alpha value is -2.39. The van der Waals surface area contributed by atoms with Crippen LogP contribution in [-0.4, -0.2) is 14.5 Å². The fourth-order valence-electron chi connectivity index (χ4n) is 2.59. The third-order valence-electron chi connectivity index (χ3n) is 3.42. The lowest BCUT2D eigenvalue weighted by atomic mass is 10.2. The average molecular weight is 280 g/mol. The van der Waals surface area contributed by atoms with Crippen molar-refractivity contribution in [2.75, 3.05) is 0 Å². The summed E-state index contributed by atoms with van der Waals surface area (Å²) in [5.74, 6) is 0.770. The van der Waals surface area contributed by atoms with Gasteiger partial charge in [-0.05, 0) is 12.1 Å². The van der Waals surface area contributed by atoms with E-state index < -0.39 is 0 Å². The Kier molecular flexibility index (Phi) is 2.47. The van der Waals surface area contributed by atoms with Crippen LogP contribution in [0, 0.1) is 0 Å². The van der Waals surface area contributed by atoms with Crippen LogP contribution in [0.3, 0.4) is 0 Å². The topological polar surface area (TPSA) is 30.7 Å². The number of rotatable bonds is 1. The Morgan fingerprint density at radius 2 is 1.35 bits per heavy atom. The molecule has 0 saturated carbocycles. The molecule has 0 fully saturated rings. The predicted molar refractivity (Wildman–Crippen MR) is 81.4 cm³/mol. The second kappa shape index (κ2) is 4.32. The summed E-state index contributed by atoms with van der Waals surface area (Å²) in [4.78, 5) is 8.52. The molecule has 4 aromatic rings. The Morgan fingerprint density at radius 3 is 1.90 bits per heavy atom. The van der Waals surface area contributed by atoms with Gasteiger partial charge in [-0.15, -0.1) is 0 Å². The van der Waals surface area contributed by atoms with Gasteiger partial charge in [0.25, 0.3) is 0 Å². The first-order chi connectivity index (χ1) is 9.84. The van der Waals surface area contributed by atoms with Crippen molar-refractivity contribution in [3.63, 3.8) is 0 Å². The van der Waals surface area contributed by atoms with Crippen molar-refractivity contribution in [3.05, 3.63) is 66.1 Å². The molecule has 0 aliphatic carbocycles. The molecule has 20 heavy (non-hydrogen) atoms. The third kappa shape index (κ3) is 1.60. The number of para-hydroxylation sites is 2. The molecule has 2 aromatic carbocycles. The summed E-state index contributed by atoms with van der Waals surface area (Å²) in [7, 11) is 0. The zero-order chi connectivity index (χ0) is 13.5. The van der Waals surface area contributed by atoms with Crippen LogP contribution in [-0.2, 0) is 0 Å². The highest BCUT2D eigenvalue weighted by atomic mass is 35.5. The smallest absolute Gasteiger partial charge is 0.156 e. The van der Waals surface area contributed by atoms with E-state index in [1.165, 1.54) is 10.8 Å². The van der Waals surface area contributed by atoms with E-state index in [2.05, 4.69) is 38.8 Å². The molecule has 0 aliphatic heterocycles. The van der Waals surface area contributed by atoms with Gasteiger partial charge in [0.1, 0.15) is 5.15 Å². The monoisotopic (exact) mass is 279 g/mol. The Labute approximate surface area is 120 Å². The first-order valence-corrected chi connectivity index (χ1v) is 6.68. The van der Waals surface area contributed by atoms with Crippen molar-refractivity contribution in [1.29, 1.82) is 0 Å². The highest BCUT2D eigenvalue weighted by molar-refractivity contribution is 6.29. The van der Waals surface area contributed by atoms with Gasteiger partial charge in [0, 0.05) is 10.8 Å². The molecule has 4 rings (SSSR count). The van der Waals surface area contributed by atoms with Gasteiger partial charge in [-0.1, -0.05) is 48.0 Å². The van der Waals surface area contributed by atoms with Crippen LogP contribution in [0.15, 0.2) is 60.9 Å². The lowest BCUT2D eigenvalue weighted by molar-refractivity contribution is 1.04. The van der Waals surface area contributed by atoms with Crippen molar-refractivity contribution < 1.29 is 0 Å². The van der Waals surface area contributed by atoms with Gasteiger partial charge in [-0.25, -0.2) is 9.97 Å². The van der Waals surface area contributed by atoms with Gasteiger partial charge in [-0.2, -0.15) is 0 Å². The quantitative estimate of drug-likeness (QED) is 0.522. The van der Waals surface area contributed by atoms with Crippen LogP contribution >= 0.6 is 11.6 Å². The van der Waals surface area contributed by atoms with Crippen molar-refractivity contribution in [2.24, 2.45) is 0 Å². The minimum absolute atomic E-state index is 0.398. The van der Waals surface area contributed by atoms with Crippen LogP contribution in [0.1, 0.15) is 0 Å². The maximum absolute atomic E-state index is 5.83. The van der Waals surface area contributed by atoms with Gasteiger partial charge >= 0.3 is 0 Å². The van der Waals surface area contributed by atoms with Crippen molar-refractivity contribution in [1.82, 2.24) is 14.5 Å². The van der Waals surface area contributed by atoms with Crippen LogP contribution < -0.4 is 0 Å². The van der Waals surface area contributed by atoms with Gasteiger partial charge in [0.05, 0.1) is 23.4 Å². The first kappa shape index (κ1) is 11.4. The molecular weight excluding hydrogens is 270 g/mol. The molecule has 2 aromatic heterocycles. The fourth-order valence-corrected chi connectivity index (χ4v) is 2.69. The summed E-state index contributed by atoms with van der Waals surface area (Å²) >= 11 is 5.83. The average Bonchev–Trinajstić information content (AvgIpc) is 2.83. The fraction of sp³-hybridized carbons (Fsp3) is 0. The van der Waals surface area contributed by atoms with Crippen LogP contribution in [0.4, 0.5) is 0 Å². The minimum atomic E-state index is 0.398. The predicted octanol–water partition coefficient (Wildman–Crippen LogP) is 4.23. The Balaban J connectivity index is 2.17. The number of hydrogen-bond donors (Lipinski definition) is 0. The number of hydrogen-bond acceptors (Lipinski definition) is 2. The van der Waals surface area contributed by atoms with E-state index >= 15 is 0 Å². The lowest BCUT2D eigenvalue weighted by Crippen LogP contribution is -1.97. The molecule has 0 unspecified atom stereocenters. The summed E-state index contributed by atoms with van der Waals surface area (Å²) in [6.07, 6.45) is 3.27. The minimum Gasteiger partial charge on any atom is -0.293 e. The lowest BCUT2D eigenvalue weighted by Gasteiger charge is -2.05. The zero-order valence-corrected chi connectivity index (χ0v) is 11.2. The molecule has 0 atom stereocenters. The summed E-state index contributed by atoms with van der Waals surface area (Å²) in [5, 5.41) is 2.81. The number of aromatic nitrogens is 3. The Bertz CT molecular complexity index is 857. The SMILES string of the molecule is Clc1cnc(-n2c3ccccc3c3ccccc32)cn1. The van der Waals surface area contributed by atoms with Gasteiger partial charge in [0.2, 0.25) is 0 Å². The standard InChI is InChI=1S/C16H10ClN3/c17-15-9-19-16(10-18-15)20-13-7-3-1-5-11(13)12-6-2-4-8-14(12)20/h1-10H. The zero-order valence-electron chi connectivity index (χ0n) is 10.5. The summed E-state index contributed by atoms with van der Waals surface area (Å²) in [5.41, 5.74) is 2.23. The van der Waals surface area contributed by atoms with Crippen LogP contribution in [0.2, 0.25) is 5.15 Å². The van der Waals surface area contributed by atoms with E-state index in [4.69, 9.17) is 11.6 Å². The molecule has 0 saturated heterocycles. The van der Waals surface area contributed by atoms with E-state index in [0.29, 0.717) is 5.15 Å². The molecule has 0 N–H and O–H groups in total. The highest BCUT2D eigenvalue weighted by Gasteiger charge is 2.11. The van der Waals surface area contributed by atoms with Gasteiger partial charge in [0.15, 0.2) is 5.82 Å². The summed E-state index contributed by atoms with van der Waals surface area (Å²) < 4.78 is 2.11. The van der Waals surface area contributed by atoms with E-state index in [0.717, 1.165) is 16.9 Å². The van der Waals surface area contributed by atoms with Crippen molar-refractivity contribution >= 4 is 33.4 Å². The molecule has 0 bridgehead atoms. The second-order valence-electron chi connectivity index (χ2n) is 4.57. The van der Waals surface area contributed by atoms with E-state index in [9.17, 15) is 0 Å². The molecular formula is C16H10ClN3. The maximum atomic E-state index is 5.83. The van der Waals surface area contributed by atoms with Crippen molar-refractivity contribution in [2.45, 2.75) is 0 Å². The Morgan fingerprint density at radius 1 is 0.750 bits per heavy atom.